The summed E-state index contributed by atoms with van der Waals surface area (Å²) in [4.78, 5) is 24.7. The lowest BCUT2D eigenvalue weighted by molar-refractivity contribution is -0.120. The molecule has 0 unspecified atom stereocenters. The predicted molar refractivity (Wildman–Crippen MR) is 112 cm³/mol. The van der Waals surface area contributed by atoms with Crippen molar-refractivity contribution in [3.63, 3.8) is 0 Å². The third kappa shape index (κ3) is 5.35. The quantitative estimate of drug-likeness (QED) is 0.619. The van der Waals surface area contributed by atoms with Crippen molar-refractivity contribution < 1.29 is 9.59 Å². The average molecular weight is 413 g/mol. The molecule has 0 aromatic heterocycles. The van der Waals surface area contributed by atoms with Gasteiger partial charge in [-0.3, -0.25) is 9.59 Å². The molecule has 0 saturated heterocycles. The Bertz CT molecular complexity index is 943. The zero-order valence-electron chi connectivity index (χ0n) is 14.9. The highest BCUT2D eigenvalue weighted by Crippen LogP contribution is 2.23. The van der Waals surface area contributed by atoms with Crippen LogP contribution >= 0.6 is 23.2 Å². The Labute approximate surface area is 173 Å². The Morgan fingerprint density at radius 1 is 0.750 bits per heavy atom. The molecule has 4 nitrogen and oxygen atoms in total. The molecule has 0 aliphatic carbocycles. The third-order valence-corrected chi connectivity index (χ3v) is 4.66. The minimum Gasteiger partial charge on any atom is -0.344 e. The van der Waals surface area contributed by atoms with Gasteiger partial charge in [-0.05, 0) is 47.5 Å². The first-order chi connectivity index (χ1) is 13.5. The van der Waals surface area contributed by atoms with Gasteiger partial charge in [-0.25, -0.2) is 0 Å². The van der Waals surface area contributed by atoms with Gasteiger partial charge in [0.2, 0.25) is 5.91 Å². The molecule has 0 spiro atoms. The summed E-state index contributed by atoms with van der Waals surface area (Å²) in [7, 11) is 0. The van der Waals surface area contributed by atoms with E-state index < -0.39 is 0 Å². The molecule has 3 aromatic rings. The number of carbonyl (C=O) groups excluding carboxylic acids is 2. The zero-order valence-corrected chi connectivity index (χ0v) is 16.4. The van der Waals surface area contributed by atoms with Gasteiger partial charge in [-0.1, -0.05) is 65.7 Å². The van der Waals surface area contributed by atoms with Crippen LogP contribution in [0.15, 0.2) is 78.9 Å². The van der Waals surface area contributed by atoms with Crippen molar-refractivity contribution in [3.05, 3.63) is 106 Å². The highest BCUT2D eigenvalue weighted by molar-refractivity contribution is 6.30. The molecule has 0 heterocycles. The second-order valence-electron chi connectivity index (χ2n) is 6.15. The summed E-state index contributed by atoms with van der Waals surface area (Å²) in [6.07, 6.45) is 0. The van der Waals surface area contributed by atoms with E-state index in [1.54, 1.807) is 36.4 Å². The van der Waals surface area contributed by atoms with Gasteiger partial charge in [0.15, 0.2) is 0 Å². The maximum atomic E-state index is 12.5. The van der Waals surface area contributed by atoms with E-state index in [2.05, 4.69) is 10.6 Å². The van der Waals surface area contributed by atoms with Gasteiger partial charge < -0.3 is 10.6 Å². The number of hydrogen-bond acceptors (Lipinski definition) is 2. The molecule has 142 valence electrons. The fraction of sp³-hybridized carbons (Fsp3) is 0.0909. The van der Waals surface area contributed by atoms with Crippen LogP contribution < -0.4 is 10.6 Å². The lowest BCUT2D eigenvalue weighted by Crippen LogP contribution is -2.39. The van der Waals surface area contributed by atoms with E-state index in [0.29, 0.717) is 15.6 Å². The molecule has 0 radical (unpaired) electrons. The van der Waals surface area contributed by atoms with Crippen molar-refractivity contribution in [2.45, 2.75) is 6.04 Å². The predicted octanol–water partition coefficient (Wildman–Crippen LogP) is 4.63. The molecule has 3 rings (SSSR count). The van der Waals surface area contributed by atoms with Crippen LogP contribution in [0.5, 0.6) is 0 Å². The molecule has 1 atom stereocenters. The first-order valence-electron chi connectivity index (χ1n) is 8.66. The molecule has 0 saturated carbocycles. The summed E-state index contributed by atoms with van der Waals surface area (Å²) >= 11 is 11.8. The maximum absolute atomic E-state index is 12.5. The molecular formula is C22H18Cl2N2O2. The summed E-state index contributed by atoms with van der Waals surface area (Å²) in [5, 5.41) is 6.75. The summed E-state index contributed by atoms with van der Waals surface area (Å²) in [6.45, 7) is -0.140. The molecule has 2 N–H and O–H groups in total. The lowest BCUT2D eigenvalue weighted by Gasteiger charge is -2.20. The molecule has 0 aliphatic rings. The SMILES string of the molecule is O=C(CNC(=O)c1ccc(Cl)cc1)N[C@H](c1ccccc1)c1ccc(Cl)cc1. The van der Waals surface area contributed by atoms with Crippen LogP contribution in [0.2, 0.25) is 10.0 Å². The van der Waals surface area contributed by atoms with Crippen molar-refractivity contribution in [2.75, 3.05) is 6.54 Å². The first kappa shape index (κ1) is 19.9. The molecular weight excluding hydrogens is 395 g/mol. The number of amides is 2. The molecule has 2 amide bonds. The smallest absolute Gasteiger partial charge is 0.251 e. The second kappa shape index (κ2) is 9.40. The largest absolute Gasteiger partial charge is 0.344 e. The number of rotatable bonds is 6. The minimum absolute atomic E-state index is 0.140. The molecule has 0 bridgehead atoms. The van der Waals surface area contributed by atoms with E-state index in [9.17, 15) is 9.59 Å². The summed E-state index contributed by atoms with van der Waals surface area (Å²) in [5.41, 5.74) is 2.27. The fourth-order valence-corrected chi connectivity index (χ4v) is 2.99. The van der Waals surface area contributed by atoms with E-state index in [1.165, 1.54) is 0 Å². The lowest BCUT2D eigenvalue weighted by atomic mass is 9.98. The Morgan fingerprint density at radius 2 is 1.29 bits per heavy atom. The Balaban J connectivity index is 1.68. The van der Waals surface area contributed by atoms with E-state index in [-0.39, 0.29) is 24.4 Å². The summed E-state index contributed by atoms with van der Waals surface area (Å²) in [6, 6.07) is 23.0. The van der Waals surface area contributed by atoms with Gasteiger partial charge in [0.1, 0.15) is 0 Å². The van der Waals surface area contributed by atoms with Crippen LogP contribution in [0.1, 0.15) is 27.5 Å². The number of carbonyl (C=O) groups is 2. The van der Waals surface area contributed by atoms with E-state index >= 15 is 0 Å². The number of nitrogens with one attached hydrogen (secondary N) is 2. The van der Waals surface area contributed by atoms with Crippen LogP contribution in [0.25, 0.3) is 0 Å². The highest BCUT2D eigenvalue weighted by Gasteiger charge is 2.17. The van der Waals surface area contributed by atoms with Crippen LogP contribution in [-0.2, 0) is 4.79 Å². The number of hydrogen-bond donors (Lipinski definition) is 2. The van der Waals surface area contributed by atoms with Crippen molar-refractivity contribution >= 4 is 35.0 Å². The van der Waals surface area contributed by atoms with Gasteiger partial charge >= 0.3 is 0 Å². The van der Waals surface area contributed by atoms with Gasteiger partial charge in [0.05, 0.1) is 12.6 Å². The molecule has 0 fully saturated rings. The molecule has 6 heteroatoms. The van der Waals surface area contributed by atoms with Crippen LogP contribution in [0.4, 0.5) is 0 Å². The van der Waals surface area contributed by atoms with E-state index in [4.69, 9.17) is 23.2 Å². The van der Waals surface area contributed by atoms with Crippen LogP contribution in [0, 0.1) is 0 Å². The van der Waals surface area contributed by atoms with Crippen LogP contribution in [0.3, 0.4) is 0 Å². The Kier molecular flexibility index (Phi) is 6.69. The standard InChI is InChI=1S/C22H18Cl2N2O2/c23-18-10-6-16(7-11-18)21(15-4-2-1-3-5-15)26-20(27)14-25-22(28)17-8-12-19(24)13-9-17/h1-13,21H,14H2,(H,25,28)(H,26,27)/t21-/m1/s1. The maximum Gasteiger partial charge on any atom is 0.251 e. The molecule has 3 aromatic carbocycles. The zero-order chi connectivity index (χ0) is 19.9. The van der Waals surface area contributed by atoms with Crippen molar-refractivity contribution in [1.29, 1.82) is 0 Å². The fourth-order valence-electron chi connectivity index (χ4n) is 2.74. The third-order valence-electron chi connectivity index (χ3n) is 4.16. The van der Waals surface area contributed by atoms with Crippen molar-refractivity contribution in [1.82, 2.24) is 10.6 Å². The Hall–Kier alpha value is -2.82. The Morgan fingerprint density at radius 3 is 1.89 bits per heavy atom. The average Bonchev–Trinajstić information content (AvgIpc) is 2.72. The first-order valence-corrected chi connectivity index (χ1v) is 9.42. The van der Waals surface area contributed by atoms with Gasteiger partial charge in [0.25, 0.3) is 5.91 Å². The van der Waals surface area contributed by atoms with Crippen molar-refractivity contribution in [2.24, 2.45) is 0 Å². The second-order valence-corrected chi connectivity index (χ2v) is 7.03. The van der Waals surface area contributed by atoms with Gasteiger partial charge in [-0.15, -0.1) is 0 Å². The van der Waals surface area contributed by atoms with Gasteiger partial charge in [0, 0.05) is 15.6 Å². The van der Waals surface area contributed by atoms with E-state index in [0.717, 1.165) is 11.1 Å². The summed E-state index contributed by atoms with van der Waals surface area (Å²) < 4.78 is 0. The monoisotopic (exact) mass is 412 g/mol. The van der Waals surface area contributed by atoms with E-state index in [1.807, 2.05) is 42.5 Å². The minimum atomic E-state index is -0.349. The van der Waals surface area contributed by atoms with Gasteiger partial charge in [-0.2, -0.15) is 0 Å². The number of halogens is 2. The number of benzene rings is 3. The molecule has 28 heavy (non-hydrogen) atoms. The highest BCUT2D eigenvalue weighted by atomic mass is 35.5. The van der Waals surface area contributed by atoms with Crippen LogP contribution in [-0.4, -0.2) is 18.4 Å². The summed E-state index contributed by atoms with van der Waals surface area (Å²) in [5.74, 6) is -0.638. The molecule has 0 aliphatic heterocycles. The normalized spacial score (nSPS) is 11.5. The topological polar surface area (TPSA) is 58.2 Å². The van der Waals surface area contributed by atoms with Crippen molar-refractivity contribution in [3.8, 4) is 0 Å².